The second kappa shape index (κ2) is 14.2. The van der Waals surface area contributed by atoms with Crippen molar-refractivity contribution in [3.8, 4) is 0 Å². The molecule has 7 nitrogen and oxygen atoms in total. The first-order chi connectivity index (χ1) is 18.9. The molecule has 2 aromatic carbocycles. The van der Waals surface area contributed by atoms with Crippen LogP contribution in [0, 0.1) is 17.8 Å². The van der Waals surface area contributed by atoms with Gasteiger partial charge in [0.2, 0.25) is 5.91 Å². The topological polar surface area (TPSA) is 98.3 Å². The van der Waals surface area contributed by atoms with E-state index in [1.54, 1.807) is 11.3 Å². The molecule has 0 fully saturated rings. The second-order valence-electron chi connectivity index (χ2n) is 9.30. The highest BCUT2D eigenvalue weighted by Gasteiger charge is 2.34. The summed E-state index contributed by atoms with van der Waals surface area (Å²) >= 11 is 5.88. The van der Waals surface area contributed by atoms with E-state index in [1.807, 2.05) is 69.3 Å². The molecular weight excluding hydrogens is 571 g/mol. The lowest BCUT2D eigenvalue weighted by Gasteiger charge is -2.20. The average Bonchev–Trinajstić information content (AvgIpc) is 3.52. The average molecular weight is 602 g/mol. The summed E-state index contributed by atoms with van der Waals surface area (Å²) in [5.41, 5.74) is 1.79. The molecule has 0 saturated heterocycles. The van der Waals surface area contributed by atoms with Gasteiger partial charge in [-0.3, -0.25) is 14.4 Å². The van der Waals surface area contributed by atoms with E-state index in [-0.39, 0.29) is 11.7 Å². The highest BCUT2D eigenvalue weighted by atomic mass is 32.2. The smallest absolute Gasteiger partial charge is 0.327 e. The number of hydrogen-bond acceptors (Lipinski definition) is 10. The highest BCUT2D eigenvalue weighted by molar-refractivity contribution is 8.01. The monoisotopic (exact) mass is 601 g/mol. The molecule has 0 aliphatic carbocycles. The van der Waals surface area contributed by atoms with E-state index in [2.05, 4.69) is 15.3 Å². The van der Waals surface area contributed by atoms with Crippen LogP contribution in [0.25, 0.3) is 20.4 Å². The van der Waals surface area contributed by atoms with E-state index in [9.17, 15) is 14.4 Å². The Morgan fingerprint density at radius 1 is 0.872 bits per heavy atom. The van der Waals surface area contributed by atoms with Crippen LogP contribution < -0.4 is 5.32 Å². The fraction of sp³-hybridized carbons (Fsp3) is 0.393. The van der Waals surface area contributed by atoms with Crippen LogP contribution in [0.1, 0.15) is 33.6 Å². The number of fused-ring (bicyclic) bond motifs is 2. The minimum atomic E-state index is -1.12. The van der Waals surface area contributed by atoms with Gasteiger partial charge in [0, 0.05) is 18.1 Å². The number of amides is 1. The number of nitrogens with one attached hydrogen (secondary N) is 1. The van der Waals surface area contributed by atoms with Crippen LogP contribution in [0.3, 0.4) is 0 Å². The zero-order valence-electron chi connectivity index (χ0n) is 22.0. The number of carbonyl (C=O) groups is 3. The van der Waals surface area contributed by atoms with Gasteiger partial charge in [0.15, 0.2) is 8.68 Å². The molecule has 0 radical (unpaired) electrons. The minimum absolute atomic E-state index is 0.0545. The number of aromatic nitrogens is 2. The number of benzene rings is 2. The number of thiazole rings is 2. The number of esters is 2. The van der Waals surface area contributed by atoms with Gasteiger partial charge >= 0.3 is 11.9 Å². The van der Waals surface area contributed by atoms with Gasteiger partial charge in [-0.15, -0.1) is 22.7 Å². The summed E-state index contributed by atoms with van der Waals surface area (Å²) in [5, 5.41) is 2.82. The standard InChI is InChI=1S/C28H31N3O4S4/c1-4-5-14-29-24(32)19(16-37-28-31-21-11-7-9-13-23(21)39-28)26(34)35-25(33)18(17(2)3)15-36-27-30-20-10-6-8-12-22(20)38-27/h6-13,17-19H,4-5,14-16H2,1-3H3,(H,29,32). The maximum absolute atomic E-state index is 13.2. The quantitative estimate of drug-likeness (QED) is 0.0786. The Morgan fingerprint density at radius 3 is 1.97 bits per heavy atom. The first-order valence-electron chi connectivity index (χ1n) is 12.9. The predicted octanol–water partition coefficient (Wildman–Crippen LogP) is 6.66. The van der Waals surface area contributed by atoms with Gasteiger partial charge in [0.05, 0.1) is 26.4 Å². The molecule has 1 N–H and O–H groups in total. The Morgan fingerprint density at radius 2 is 1.44 bits per heavy atom. The molecule has 0 aliphatic rings. The van der Waals surface area contributed by atoms with E-state index < -0.39 is 29.7 Å². The molecular formula is C28H31N3O4S4. The maximum Gasteiger partial charge on any atom is 0.327 e. The Kier molecular flexibility index (Phi) is 10.8. The Labute approximate surface area is 244 Å². The third kappa shape index (κ3) is 8.03. The Hall–Kier alpha value is -2.47. The zero-order valence-corrected chi connectivity index (χ0v) is 25.3. The number of thioether (sulfide) groups is 2. The fourth-order valence-corrected chi connectivity index (χ4v) is 8.26. The molecule has 4 aromatic rings. The van der Waals surface area contributed by atoms with Crippen LogP contribution in [0.2, 0.25) is 0 Å². The van der Waals surface area contributed by atoms with Crippen LogP contribution in [0.5, 0.6) is 0 Å². The summed E-state index contributed by atoms with van der Waals surface area (Å²) in [5.74, 6) is -2.99. The van der Waals surface area contributed by atoms with Gasteiger partial charge in [-0.2, -0.15) is 0 Å². The van der Waals surface area contributed by atoms with Crippen molar-refractivity contribution in [2.75, 3.05) is 18.1 Å². The minimum Gasteiger partial charge on any atom is -0.392 e. The third-order valence-electron chi connectivity index (χ3n) is 6.05. The van der Waals surface area contributed by atoms with Crippen molar-refractivity contribution in [2.45, 2.75) is 42.3 Å². The SMILES string of the molecule is CCCCNC(=O)C(CSc1nc2ccccc2s1)C(=O)OC(=O)C(CSc1nc2ccccc2s1)C(C)C. The number of unbranched alkanes of at least 4 members (excludes halogenated alkanes) is 1. The van der Waals surface area contributed by atoms with Gasteiger partial charge in [-0.25, -0.2) is 9.97 Å². The van der Waals surface area contributed by atoms with Gasteiger partial charge in [-0.05, 0) is 36.6 Å². The largest absolute Gasteiger partial charge is 0.392 e. The van der Waals surface area contributed by atoms with Gasteiger partial charge in [-0.1, -0.05) is 75.0 Å². The van der Waals surface area contributed by atoms with Crippen molar-refractivity contribution in [2.24, 2.45) is 17.8 Å². The van der Waals surface area contributed by atoms with E-state index in [4.69, 9.17) is 4.74 Å². The Balaban J connectivity index is 1.41. The molecule has 0 bridgehead atoms. The molecule has 2 atom stereocenters. The first kappa shape index (κ1) is 29.5. The van der Waals surface area contributed by atoms with Crippen LogP contribution >= 0.6 is 46.2 Å². The number of carbonyl (C=O) groups excluding carboxylic acids is 3. The number of rotatable bonds is 13. The van der Waals surface area contributed by atoms with Crippen molar-refractivity contribution >= 4 is 84.5 Å². The van der Waals surface area contributed by atoms with Crippen molar-refractivity contribution in [1.82, 2.24) is 15.3 Å². The normalized spacial score (nSPS) is 13.0. The van der Waals surface area contributed by atoms with Crippen molar-refractivity contribution in [3.05, 3.63) is 48.5 Å². The van der Waals surface area contributed by atoms with Crippen LogP contribution in [-0.2, 0) is 19.1 Å². The predicted molar refractivity (Wildman–Crippen MR) is 162 cm³/mol. The van der Waals surface area contributed by atoms with Crippen molar-refractivity contribution in [3.63, 3.8) is 0 Å². The molecule has 0 aliphatic heterocycles. The summed E-state index contributed by atoms with van der Waals surface area (Å²) in [4.78, 5) is 48.5. The summed E-state index contributed by atoms with van der Waals surface area (Å²) < 4.78 is 9.10. The van der Waals surface area contributed by atoms with E-state index in [0.29, 0.717) is 12.3 Å². The highest BCUT2D eigenvalue weighted by Crippen LogP contribution is 2.33. The Bertz CT molecular complexity index is 1370. The summed E-state index contributed by atoms with van der Waals surface area (Å²) in [6.45, 7) is 6.34. The molecule has 39 heavy (non-hydrogen) atoms. The molecule has 0 spiro atoms. The number of ether oxygens (including phenoxy) is 1. The number of nitrogens with zero attached hydrogens (tertiary/aromatic N) is 2. The third-order valence-corrected chi connectivity index (χ3v) is 10.6. The zero-order chi connectivity index (χ0) is 27.8. The van der Waals surface area contributed by atoms with E-state index >= 15 is 0 Å². The van der Waals surface area contributed by atoms with Crippen LogP contribution in [0.15, 0.2) is 57.2 Å². The second-order valence-corrected chi connectivity index (χ2v) is 13.9. The lowest BCUT2D eigenvalue weighted by molar-refractivity contribution is -0.166. The van der Waals surface area contributed by atoms with E-state index in [0.717, 1.165) is 42.0 Å². The number of para-hydroxylation sites is 2. The maximum atomic E-state index is 13.2. The van der Waals surface area contributed by atoms with Gasteiger partial charge in [0.1, 0.15) is 5.92 Å². The summed E-state index contributed by atoms with van der Waals surface area (Å²) in [6, 6.07) is 15.7. The molecule has 11 heteroatoms. The molecule has 2 aromatic heterocycles. The van der Waals surface area contributed by atoms with Gasteiger partial charge < -0.3 is 10.1 Å². The lowest BCUT2D eigenvalue weighted by atomic mass is 9.98. The van der Waals surface area contributed by atoms with E-state index in [1.165, 1.54) is 34.9 Å². The summed E-state index contributed by atoms with van der Waals surface area (Å²) in [6.07, 6.45) is 1.71. The van der Waals surface area contributed by atoms with Crippen LogP contribution in [0.4, 0.5) is 0 Å². The molecule has 206 valence electrons. The molecule has 2 unspecified atom stereocenters. The first-order valence-corrected chi connectivity index (χ1v) is 16.5. The molecule has 4 rings (SSSR count). The van der Waals surface area contributed by atoms with Crippen LogP contribution in [-0.4, -0.2) is 45.9 Å². The number of hydrogen-bond donors (Lipinski definition) is 1. The lowest BCUT2D eigenvalue weighted by Crippen LogP contribution is -2.40. The molecule has 2 heterocycles. The molecule has 0 saturated carbocycles. The van der Waals surface area contributed by atoms with Crippen molar-refractivity contribution < 1.29 is 19.1 Å². The molecule has 1 amide bonds. The summed E-state index contributed by atoms with van der Waals surface area (Å²) in [7, 11) is 0. The van der Waals surface area contributed by atoms with Gasteiger partial charge in [0.25, 0.3) is 0 Å². The van der Waals surface area contributed by atoms with Crippen molar-refractivity contribution in [1.29, 1.82) is 0 Å². The fourth-order valence-electron chi connectivity index (χ4n) is 3.68.